The smallest absolute Gasteiger partial charge is 0.351 e. The van der Waals surface area contributed by atoms with Gasteiger partial charge in [0.15, 0.2) is 6.10 Å². The summed E-state index contributed by atoms with van der Waals surface area (Å²) in [5.74, 6) is 1.62. The molecule has 1 heterocycles. The molecular formula is C24H28N2O3S. The van der Waals surface area contributed by atoms with Crippen LogP contribution in [0.3, 0.4) is 0 Å². The molecule has 1 aromatic heterocycles. The Morgan fingerprint density at radius 3 is 2.30 bits per heavy atom. The van der Waals surface area contributed by atoms with Gasteiger partial charge in [0.2, 0.25) is 0 Å². The third kappa shape index (κ3) is 3.66. The number of ether oxygens (including phenoxy) is 1. The summed E-state index contributed by atoms with van der Waals surface area (Å²) in [6.07, 6.45) is 6.42. The number of carbonyl (C=O) groups is 2. The molecule has 30 heavy (non-hydrogen) atoms. The minimum absolute atomic E-state index is 0.0760. The summed E-state index contributed by atoms with van der Waals surface area (Å²) in [6, 6.07) is 9.77. The Morgan fingerprint density at radius 1 is 1.10 bits per heavy atom. The van der Waals surface area contributed by atoms with Crippen molar-refractivity contribution in [1.82, 2.24) is 10.3 Å². The summed E-state index contributed by atoms with van der Waals surface area (Å²) >= 11 is 1.31. The van der Waals surface area contributed by atoms with Crippen molar-refractivity contribution >= 4 is 23.2 Å². The lowest BCUT2D eigenvalue weighted by molar-refractivity contribution is -0.134. The summed E-state index contributed by atoms with van der Waals surface area (Å²) in [6.45, 7) is 3.47. The van der Waals surface area contributed by atoms with Crippen molar-refractivity contribution < 1.29 is 14.3 Å². The topological polar surface area (TPSA) is 68.3 Å². The zero-order valence-electron chi connectivity index (χ0n) is 17.5. The fourth-order valence-electron chi connectivity index (χ4n) is 6.18. The highest BCUT2D eigenvalue weighted by molar-refractivity contribution is 7.17. The molecule has 0 unspecified atom stereocenters. The second kappa shape index (κ2) is 7.49. The van der Waals surface area contributed by atoms with Crippen molar-refractivity contribution in [3.63, 3.8) is 0 Å². The van der Waals surface area contributed by atoms with Gasteiger partial charge in [-0.15, -0.1) is 11.3 Å². The van der Waals surface area contributed by atoms with Crippen molar-refractivity contribution in [2.75, 3.05) is 0 Å². The molecule has 2 aromatic rings. The van der Waals surface area contributed by atoms with Crippen LogP contribution < -0.4 is 5.32 Å². The van der Waals surface area contributed by atoms with Crippen LogP contribution in [0.4, 0.5) is 0 Å². The number of nitrogens with one attached hydrogen (secondary N) is 1. The van der Waals surface area contributed by atoms with Gasteiger partial charge in [-0.05, 0) is 70.1 Å². The Hall–Kier alpha value is -2.21. The van der Waals surface area contributed by atoms with Crippen LogP contribution in [0.2, 0.25) is 0 Å². The van der Waals surface area contributed by atoms with Crippen LogP contribution in [-0.2, 0) is 9.53 Å². The van der Waals surface area contributed by atoms with Crippen molar-refractivity contribution in [3.05, 3.63) is 40.9 Å². The number of nitrogens with zero attached hydrogens (tertiary/aromatic N) is 1. The van der Waals surface area contributed by atoms with E-state index in [1.54, 1.807) is 13.8 Å². The summed E-state index contributed by atoms with van der Waals surface area (Å²) in [5, 5.41) is 4.08. The number of esters is 1. The number of aromatic nitrogens is 1. The van der Waals surface area contributed by atoms with Crippen molar-refractivity contribution in [2.45, 2.75) is 64.0 Å². The number of rotatable bonds is 5. The number of hydrogen-bond acceptors (Lipinski definition) is 5. The van der Waals surface area contributed by atoms with Gasteiger partial charge in [-0.1, -0.05) is 30.3 Å². The summed E-state index contributed by atoms with van der Waals surface area (Å²) in [5.41, 5.74) is 1.53. The molecule has 4 aliphatic rings. The molecule has 1 N–H and O–H groups in total. The van der Waals surface area contributed by atoms with Gasteiger partial charge < -0.3 is 10.1 Å². The number of thiazole rings is 1. The lowest BCUT2D eigenvalue weighted by Gasteiger charge is -2.57. The Balaban J connectivity index is 1.24. The zero-order chi connectivity index (χ0) is 20.9. The predicted molar refractivity (Wildman–Crippen MR) is 116 cm³/mol. The molecule has 4 bridgehead atoms. The van der Waals surface area contributed by atoms with E-state index in [1.807, 2.05) is 30.3 Å². The molecule has 6 rings (SSSR count). The zero-order valence-corrected chi connectivity index (χ0v) is 18.3. The molecule has 0 saturated heterocycles. The molecule has 1 atom stereocenters. The van der Waals surface area contributed by atoms with Gasteiger partial charge in [-0.25, -0.2) is 9.78 Å². The van der Waals surface area contributed by atoms with Crippen LogP contribution in [0.15, 0.2) is 30.3 Å². The highest BCUT2D eigenvalue weighted by Crippen LogP contribution is 2.55. The summed E-state index contributed by atoms with van der Waals surface area (Å²) < 4.78 is 5.56. The molecule has 0 radical (unpaired) electrons. The quantitative estimate of drug-likeness (QED) is 0.704. The van der Waals surface area contributed by atoms with E-state index in [9.17, 15) is 9.59 Å². The molecule has 158 valence electrons. The largest absolute Gasteiger partial charge is 0.448 e. The van der Waals surface area contributed by atoms with Crippen molar-refractivity contribution in [3.8, 4) is 10.6 Å². The van der Waals surface area contributed by atoms with Crippen molar-refractivity contribution in [2.24, 2.45) is 17.8 Å². The Morgan fingerprint density at radius 2 is 1.70 bits per heavy atom. The number of benzene rings is 1. The Labute approximate surface area is 181 Å². The fraction of sp³-hybridized carbons (Fsp3) is 0.542. The molecule has 4 saturated carbocycles. The van der Waals surface area contributed by atoms with Crippen LogP contribution in [0, 0.1) is 24.7 Å². The van der Waals surface area contributed by atoms with E-state index in [-0.39, 0.29) is 11.4 Å². The van der Waals surface area contributed by atoms with E-state index in [0.29, 0.717) is 10.6 Å². The van der Waals surface area contributed by atoms with Gasteiger partial charge in [0.05, 0.1) is 5.69 Å². The lowest BCUT2D eigenvalue weighted by atomic mass is 9.53. The Kier molecular flexibility index (Phi) is 4.92. The van der Waals surface area contributed by atoms with Crippen LogP contribution in [-0.4, -0.2) is 28.5 Å². The fourth-order valence-corrected chi connectivity index (χ4v) is 7.14. The van der Waals surface area contributed by atoms with Crippen molar-refractivity contribution in [1.29, 1.82) is 0 Å². The van der Waals surface area contributed by atoms with E-state index in [2.05, 4.69) is 10.3 Å². The van der Waals surface area contributed by atoms with Gasteiger partial charge in [0.25, 0.3) is 5.91 Å². The number of amides is 1. The first kappa shape index (κ1) is 19.7. The van der Waals surface area contributed by atoms with Gasteiger partial charge in [-0.2, -0.15) is 0 Å². The highest BCUT2D eigenvalue weighted by atomic mass is 32.1. The average molecular weight is 425 g/mol. The SMILES string of the molecule is Cc1nc(-c2ccccc2)sc1C(=O)O[C@H](C)C(=O)NC12CC3CC(CC(C3)C1)C2. The van der Waals surface area contributed by atoms with E-state index in [4.69, 9.17) is 4.74 Å². The standard InChI is InChI=1S/C24H28N2O3S/c1-14-20(30-22(25-14)19-6-4-3-5-7-19)23(28)29-15(2)21(27)26-24-11-16-8-17(12-24)10-18(9-16)13-24/h3-7,15-18H,8-13H2,1-2H3,(H,26,27)/t15-,16?,17?,18?,24?/m1/s1. The highest BCUT2D eigenvalue weighted by Gasteiger charge is 2.51. The predicted octanol–water partition coefficient (Wildman–Crippen LogP) is 4.75. The monoisotopic (exact) mass is 424 g/mol. The second-order valence-electron chi connectivity index (χ2n) is 9.53. The third-order valence-electron chi connectivity index (χ3n) is 7.08. The first-order chi connectivity index (χ1) is 14.4. The molecule has 6 heteroatoms. The van der Waals surface area contributed by atoms with E-state index < -0.39 is 12.1 Å². The van der Waals surface area contributed by atoms with Gasteiger partial charge in [0, 0.05) is 11.1 Å². The number of carbonyl (C=O) groups excluding carboxylic acids is 2. The maximum atomic E-state index is 12.9. The normalized spacial score (nSPS) is 30.1. The van der Waals surface area contributed by atoms with Crippen LogP contribution >= 0.6 is 11.3 Å². The molecule has 4 aliphatic carbocycles. The lowest BCUT2D eigenvalue weighted by Crippen LogP contribution is -2.61. The summed E-state index contributed by atoms with van der Waals surface area (Å²) in [4.78, 5) is 30.6. The molecule has 1 amide bonds. The second-order valence-corrected chi connectivity index (χ2v) is 10.5. The van der Waals surface area contributed by atoms with Gasteiger partial charge in [0.1, 0.15) is 9.88 Å². The number of aryl methyl sites for hydroxylation is 1. The van der Waals surface area contributed by atoms with E-state index in [1.165, 1.54) is 30.6 Å². The molecular weight excluding hydrogens is 396 g/mol. The molecule has 0 spiro atoms. The minimum atomic E-state index is -0.813. The third-order valence-corrected chi connectivity index (χ3v) is 8.27. The van der Waals surface area contributed by atoms with Crippen LogP contribution in [0.1, 0.15) is 60.8 Å². The average Bonchev–Trinajstić information content (AvgIpc) is 3.09. The molecule has 5 nitrogen and oxygen atoms in total. The molecule has 4 fully saturated rings. The van der Waals surface area contributed by atoms with E-state index in [0.717, 1.165) is 47.6 Å². The number of hydrogen-bond donors (Lipinski definition) is 1. The summed E-state index contributed by atoms with van der Waals surface area (Å²) in [7, 11) is 0. The van der Waals surface area contributed by atoms with E-state index >= 15 is 0 Å². The molecule has 1 aromatic carbocycles. The first-order valence-electron chi connectivity index (χ1n) is 11.0. The van der Waals surface area contributed by atoms with Crippen LogP contribution in [0.25, 0.3) is 10.6 Å². The van der Waals surface area contributed by atoms with Crippen LogP contribution in [0.5, 0.6) is 0 Å². The maximum absolute atomic E-state index is 12.9. The van der Waals surface area contributed by atoms with Gasteiger partial charge in [-0.3, -0.25) is 4.79 Å². The molecule has 0 aliphatic heterocycles. The first-order valence-corrected chi connectivity index (χ1v) is 11.8. The Bertz CT molecular complexity index is 933. The van der Waals surface area contributed by atoms with Gasteiger partial charge >= 0.3 is 5.97 Å². The maximum Gasteiger partial charge on any atom is 0.351 e. The minimum Gasteiger partial charge on any atom is -0.448 e.